The first-order chi connectivity index (χ1) is 6.72. The van der Waals surface area contributed by atoms with E-state index in [-0.39, 0.29) is 5.91 Å². The smallest absolute Gasteiger partial charge is 0.251 e. The van der Waals surface area contributed by atoms with Crippen molar-refractivity contribution in [3.63, 3.8) is 0 Å². The van der Waals surface area contributed by atoms with Crippen LogP contribution >= 0.6 is 0 Å². The predicted octanol–water partition coefficient (Wildman–Crippen LogP) is 2.17. The Hall–Kier alpha value is -1.31. The number of amides is 1. The molecule has 0 unspecified atom stereocenters. The van der Waals surface area contributed by atoms with Crippen molar-refractivity contribution >= 4 is 5.91 Å². The lowest BCUT2D eigenvalue weighted by Crippen LogP contribution is -2.18. The van der Waals surface area contributed by atoms with Crippen molar-refractivity contribution in [1.82, 2.24) is 5.32 Å². The SMILES string of the molecule is CCc1ccc(C(=O)NC)cc1CC. The van der Waals surface area contributed by atoms with Crippen LogP contribution in [-0.2, 0) is 12.8 Å². The third-order valence-electron chi connectivity index (χ3n) is 2.46. The number of hydrogen-bond donors (Lipinski definition) is 1. The number of carbonyl (C=O) groups excluding carboxylic acids is 1. The van der Waals surface area contributed by atoms with Crippen molar-refractivity contribution in [2.75, 3.05) is 7.05 Å². The Bertz CT molecular complexity index is 331. The van der Waals surface area contributed by atoms with Gasteiger partial charge in [-0.25, -0.2) is 0 Å². The van der Waals surface area contributed by atoms with Crippen molar-refractivity contribution in [1.29, 1.82) is 0 Å². The van der Waals surface area contributed by atoms with Crippen LogP contribution in [0, 0.1) is 0 Å². The van der Waals surface area contributed by atoms with Crippen molar-refractivity contribution in [2.24, 2.45) is 0 Å². The van der Waals surface area contributed by atoms with E-state index < -0.39 is 0 Å². The number of rotatable bonds is 3. The Balaban J connectivity index is 3.07. The van der Waals surface area contributed by atoms with E-state index >= 15 is 0 Å². The van der Waals surface area contributed by atoms with Crippen LogP contribution in [0.4, 0.5) is 0 Å². The number of benzene rings is 1. The fourth-order valence-corrected chi connectivity index (χ4v) is 1.59. The van der Waals surface area contributed by atoms with Crippen LogP contribution in [0.25, 0.3) is 0 Å². The van der Waals surface area contributed by atoms with Crippen LogP contribution in [0.2, 0.25) is 0 Å². The molecule has 0 saturated heterocycles. The van der Waals surface area contributed by atoms with E-state index in [0.717, 1.165) is 18.4 Å². The van der Waals surface area contributed by atoms with Gasteiger partial charge >= 0.3 is 0 Å². The fourth-order valence-electron chi connectivity index (χ4n) is 1.59. The zero-order chi connectivity index (χ0) is 10.6. The molecular weight excluding hydrogens is 174 g/mol. The van der Waals surface area contributed by atoms with E-state index in [0.29, 0.717) is 0 Å². The minimum Gasteiger partial charge on any atom is -0.355 e. The van der Waals surface area contributed by atoms with Crippen LogP contribution in [0.3, 0.4) is 0 Å². The van der Waals surface area contributed by atoms with Gasteiger partial charge in [-0.1, -0.05) is 19.9 Å². The maximum Gasteiger partial charge on any atom is 0.251 e. The zero-order valence-corrected chi connectivity index (χ0v) is 9.05. The van der Waals surface area contributed by atoms with Crippen LogP contribution in [0.1, 0.15) is 35.3 Å². The molecule has 0 aliphatic rings. The molecule has 1 rings (SSSR count). The molecule has 1 aromatic rings. The summed E-state index contributed by atoms with van der Waals surface area (Å²) >= 11 is 0. The topological polar surface area (TPSA) is 29.1 Å². The Morgan fingerprint density at radius 1 is 1.21 bits per heavy atom. The van der Waals surface area contributed by atoms with Gasteiger partial charge in [0.05, 0.1) is 0 Å². The first kappa shape index (κ1) is 10.8. The van der Waals surface area contributed by atoms with Crippen molar-refractivity contribution in [2.45, 2.75) is 26.7 Å². The van der Waals surface area contributed by atoms with Gasteiger partial charge in [-0.3, -0.25) is 4.79 Å². The van der Waals surface area contributed by atoms with E-state index in [1.165, 1.54) is 11.1 Å². The Morgan fingerprint density at radius 2 is 1.86 bits per heavy atom. The van der Waals surface area contributed by atoms with Gasteiger partial charge in [-0.15, -0.1) is 0 Å². The maximum atomic E-state index is 11.4. The quantitative estimate of drug-likeness (QED) is 0.779. The molecule has 0 saturated carbocycles. The van der Waals surface area contributed by atoms with Gasteiger partial charge in [0, 0.05) is 12.6 Å². The van der Waals surface area contributed by atoms with Crippen molar-refractivity contribution in [3.05, 3.63) is 34.9 Å². The Labute approximate surface area is 85.3 Å². The molecule has 0 bridgehead atoms. The molecule has 76 valence electrons. The van der Waals surface area contributed by atoms with E-state index in [1.807, 2.05) is 18.2 Å². The summed E-state index contributed by atoms with van der Waals surface area (Å²) in [6, 6.07) is 5.91. The minimum absolute atomic E-state index is 0.0117. The molecule has 0 radical (unpaired) electrons. The fraction of sp³-hybridized carbons (Fsp3) is 0.417. The molecule has 14 heavy (non-hydrogen) atoms. The molecule has 0 aliphatic carbocycles. The van der Waals surface area contributed by atoms with Gasteiger partial charge in [0.15, 0.2) is 0 Å². The lowest BCUT2D eigenvalue weighted by Gasteiger charge is -2.07. The molecule has 0 heterocycles. The summed E-state index contributed by atoms with van der Waals surface area (Å²) in [5.41, 5.74) is 3.36. The molecule has 2 nitrogen and oxygen atoms in total. The molecule has 1 aromatic carbocycles. The second-order valence-electron chi connectivity index (χ2n) is 3.27. The summed E-state index contributed by atoms with van der Waals surface area (Å²) in [6.45, 7) is 4.25. The second kappa shape index (κ2) is 4.80. The first-order valence-corrected chi connectivity index (χ1v) is 5.06. The molecule has 1 amide bonds. The summed E-state index contributed by atoms with van der Waals surface area (Å²) in [5.74, 6) is -0.0117. The maximum absolute atomic E-state index is 11.4. The van der Waals surface area contributed by atoms with E-state index in [1.54, 1.807) is 7.05 Å². The second-order valence-corrected chi connectivity index (χ2v) is 3.27. The van der Waals surface area contributed by atoms with Gasteiger partial charge in [-0.05, 0) is 36.1 Å². The molecule has 0 atom stereocenters. The van der Waals surface area contributed by atoms with E-state index in [4.69, 9.17) is 0 Å². The summed E-state index contributed by atoms with van der Waals surface area (Å²) in [4.78, 5) is 11.4. The van der Waals surface area contributed by atoms with Gasteiger partial charge in [0.1, 0.15) is 0 Å². The van der Waals surface area contributed by atoms with Gasteiger partial charge in [0.25, 0.3) is 5.91 Å². The Kier molecular flexibility index (Phi) is 3.69. The number of nitrogens with one attached hydrogen (secondary N) is 1. The minimum atomic E-state index is -0.0117. The molecule has 0 spiro atoms. The molecule has 0 aromatic heterocycles. The highest BCUT2D eigenvalue weighted by Gasteiger charge is 2.05. The standard InChI is InChI=1S/C12H17NO/c1-4-9-6-7-11(12(14)13-3)8-10(9)5-2/h6-8H,4-5H2,1-3H3,(H,13,14). The molecule has 0 aliphatic heterocycles. The highest BCUT2D eigenvalue weighted by atomic mass is 16.1. The largest absolute Gasteiger partial charge is 0.355 e. The number of hydrogen-bond acceptors (Lipinski definition) is 1. The van der Waals surface area contributed by atoms with Gasteiger partial charge in [0.2, 0.25) is 0 Å². The summed E-state index contributed by atoms with van der Waals surface area (Å²) in [6.07, 6.45) is 2.01. The average Bonchev–Trinajstić information content (AvgIpc) is 2.26. The van der Waals surface area contributed by atoms with E-state index in [9.17, 15) is 4.79 Å². The molecule has 1 N–H and O–H groups in total. The third kappa shape index (κ3) is 2.13. The van der Waals surface area contributed by atoms with Gasteiger partial charge in [-0.2, -0.15) is 0 Å². The predicted molar refractivity (Wildman–Crippen MR) is 58.6 cm³/mol. The van der Waals surface area contributed by atoms with Crippen LogP contribution in [0.15, 0.2) is 18.2 Å². The summed E-state index contributed by atoms with van der Waals surface area (Å²) in [5, 5.41) is 2.63. The molecule has 2 heteroatoms. The molecule has 0 fully saturated rings. The average molecular weight is 191 g/mol. The number of aryl methyl sites for hydroxylation is 2. The van der Waals surface area contributed by atoms with Crippen molar-refractivity contribution < 1.29 is 4.79 Å². The first-order valence-electron chi connectivity index (χ1n) is 5.06. The monoisotopic (exact) mass is 191 g/mol. The molecular formula is C12H17NO. The summed E-state index contributed by atoms with van der Waals surface area (Å²) < 4.78 is 0. The van der Waals surface area contributed by atoms with Crippen LogP contribution in [0.5, 0.6) is 0 Å². The van der Waals surface area contributed by atoms with Gasteiger partial charge < -0.3 is 5.32 Å². The van der Waals surface area contributed by atoms with Crippen molar-refractivity contribution in [3.8, 4) is 0 Å². The lowest BCUT2D eigenvalue weighted by atomic mass is 10.00. The van der Waals surface area contributed by atoms with Crippen LogP contribution in [-0.4, -0.2) is 13.0 Å². The lowest BCUT2D eigenvalue weighted by molar-refractivity contribution is 0.0963. The number of carbonyl (C=O) groups is 1. The Morgan fingerprint density at radius 3 is 2.36 bits per heavy atom. The highest BCUT2D eigenvalue weighted by Crippen LogP contribution is 2.13. The van der Waals surface area contributed by atoms with E-state index in [2.05, 4.69) is 19.2 Å². The normalized spacial score (nSPS) is 9.93. The third-order valence-corrected chi connectivity index (χ3v) is 2.46. The highest BCUT2D eigenvalue weighted by molar-refractivity contribution is 5.94. The van der Waals surface area contributed by atoms with Crippen LogP contribution < -0.4 is 5.32 Å². The summed E-state index contributed by atoms with van der Waals surface area (Å²) in [7, 11) is 1.65. The zero-order valence-electron chi connectivity index (χ0n) is 9.05.